The van der Waals surface area contributed by atoms with E-state index in [1.54, 1.807) is 72.8 Å². The van der Waals surface area contributed by atoms with E-state index in [9.17, 15) is 38.4 Å². The molecule has 114 heavy (non-hydrogen) atoms. The van der Waals surface area contributed by atoms with Crippen molar-refractivity contribution in [2.45, 2.75) is 89.3 Å². The van der Waals surface area contributed by atoms with Gasteiger partial charge >= 0.3 is 6.18 Å². The van der Waals surface area contributed by atoms with Gasteiger partial charge in [-0.3, -0.25) is 4.79 Å². The van der Waals surface area contributed by atoms with E-state index in [0.717, 1.165) is 58.7 Å². The lowest BCUT2D eigenvalue weighted by Gasteiger charge is -2.45. The van der Waals surface area contributed by atoms with Gasteiger partial charge in [0.05, 0.1) is 30.2 Å². The number of rotatable bonds is 10. The molecule has 0 saturated carbocycles. The Kier molecular flexibility index (Phi) is 24.1. The largest absolute Gasteiger partial charge is 0.507 e. The van der Waals surface area contributed by atoms with Crippen LogP contribution in [0.1, 0.15) is 125 Å². The Labute approximate surface area is 664 Å². The first-order chi connectivity index (χ1) is 55.4. The normalized spacial score (nSPS) is 15.4. The summed E-state index contributed by atoms with van der Waals surface area (Å²) in [5.41, 5.74) is 19.4. The molecular weight excluding hydrogens is 1420 g/mol. The number of ketones is 1. The molecule has 19 rings (SSSR count). The van der Waals surface area contributed by atoms with Gasteiger partial charge in [0.15, 0.2) is 11.9 Å². The summed E-state index contributed by atoms with van der Waals surface area (Å²) >= 11 is 0. The van der Waals surface area contributed by atoms with Crippen LogP contribution in [0.4, 0.5) is 24.5 Å². The number of aryl methyl sites for hydroxylation is 4. The van der Waals surface area contributed by atoms with Crippen LogP contribution in [0.2, 0.25) is 0 Å². The first-order valence-corrected chi connectivity index (χ1v) is 38.3. The molecule has 4 aliphatic heterocycles. The number of epoxide rings is 1. The van der Waals surface area contributed by atoms with Crippen molar-refractivity contribution in [1.29, 1.82) is 0 Å². The Balaban J connectivity index is 0.000000114. The van der Waals surface area contributed by atoms with Crippen LogP contribution < -0.4 is 14.5 Å². The SMILES string of the molecule is Cc1ccc2c(c1)CN1CN2Cc2cc(C)ccc21.Cc1cccc(O)c1-c1c(C)cccc1O.O=C1CC(c2ccccc2)Oc2ccccc21.OC(c1c2ccccc2cc2ccccc12)C(F)(F)F.OC(c1ccccc1)C(c1ccccc1)(c1ccccc1)c1ccccc1.c1ccc(C2OC2c2ccccc2)cc1. The highest BCUT2D eigenvalue weighted by atomic mass is 19.4. The van der Waals surface area contributed by atoms with Crippen LogP contribution in [0.25, 0.3) is 32.7 Å². The van der Waals surface area contributed by atoms with Crippen LogP contribution in [-0.2, 0) is 23.2 Å². The monoisotopic (exact) mass is 1510 g/mol. The standard InChI is InChI=1S/C26H22O.C17H18N2.C16H11F3O.C15H12O2.C14H14O2.C14H12O/c27-25(21-13-5-1-6-14-21)26(22-15-7-2-8-16-22,23-17-9-3-10-18-23)24-19-11-4-12-20-24;1-12-3-5-16-14(7-12)9-18-11-19(16)10-15-8-13(2)4-6-17(15)18;17-16(18,19)15(20)14-12-7-3-1-5-10(12)9-11-6-2-4-8-13(11)14;16-13-10-15(11-6-2-1-3-7-11)17-14-9-5-4-8-12(13)14;1-9-5-3-7-11(15)13(9)14-10(2)6-4-8-12(14)16;1-3-7-11(8-4-1)13-14(15-13)12-9-5-2-6-10-12/h1-20,25,27H;3-8H,9-11H2,1-2H3;1-9,15,20H;1-9,15H,10H2;3-8,15-16H,1-2H3;1-10,13-14H. The van der Waals surface area contributed by atoms with Crippen LogP contribution in [0.5, 0.6) is 17.2 Å². The second-order valence-corrected chi connectivity index (χ2v) is 29.1. The summed E-state index contributed by atoms with van der Waals surface area (Å²) in [5.74, 6) is 1.24. The number of hydrogen-bond acceptors (Lipinski definition) is 9. The minimum absolute atomic E-state index is 0.0776. The Morgan fingerprint density at radius 1 is 0.404 bits per heavy atom. The number of hydrogen-bond donors (Lipinski definition) is 4. The van der Waals surface area contributed by atoms with Crippen molar-refractivity contribution in [2.75, 3.05) is 16.5 Å². The van der Waals surface area contributed by atoms with Crippen molar-refractivity contribution in [1.82, 2.24) is 0 Å². The van der Waals surface area contributed by atoms with E-state index in [2.05, 4.69) is 145 Å². The molecule has 0 radical (unpaired) electrons. The number of aliphatic hydroxyl groups is 2. The summed E-state index contributed by atoms with van der Waals surface area (Å²) in [4.78, 5) is 17.0. The van der Waals surface area contributed by atoms with E-state index in [1.807, 2.05) is 184 Å². The average Bonchev–Trinajstić information content (AvgIpc) is 0.885. The third-order valence-electron chi connectivity index (χ3n) is 21.3. The highest BCUT2D eigenvalue weighted by Gasteiger charge is 2.45. The smallest absolute Gasteiger partial charge is 0.418 e. The fourth-order valence-electron chi connectivity index (χ4n) is 15.8. The molecule has 5 unspecified atom stereocenters. The third kappa shape index (κ3) is 17.4. The molecule has 2 bridgehead atoms. The molecule has 1 saturated heterocycles. The number of benzene rings is 15. The Morgan fingerprint density at radius 3 is 1.22 bits per heavy atom. The third-order valence-corrected chi connectivity index (χ3v) is 21.3. The zero-order chi connectivity index (χ0) is 79.3. The van der Waals surface area contributed by atoms with Crippen molar-refractivity contribution in [3.63, 3.8) is 0 Å². The van der Waals surface area contributed by atoms with Crippen molar-refractivity contribution in [2.24, 2.45) is 0 Å². The molecule has 4 N–H and O–H groups in total. The summed E-state index contributed by atoms with van der Waals surface area (Å²) in [5, 5.41) is 43.5. The van der Waals surface area contributed by atoms with E-state index in [-0.39, 0.29) is 41.2 Å². The molecular formula is C102H89F3N2O7. The maximum absolute atomic E-state index is 12.9. The first kappa shape index (κ1) is 77.9. The number of phenols is 2. The molecule has 0 aromatic heterocycles. The van der Waals surface area contributed by atoms with Crippen LogP contribution in [0, 0.1) is 27.7 Å². The quantitative estimate of drug-likeness (QED) is 0.0602. The average molecular weight is 1510 g/mol. The molecule has 0 amide bonds. The second-order valence-electron chi connectivity index (χ2n) is 29.1. The zero-order valence-electron chi connectivity index (χ0n) is 63.9. The van der Waals surface area contributed by atoms with Crippen molar-refractivity contribution in [3.8, 4) is 28.4 Å². The molecule has 12 heteroatoms. The summed E-state index contributed by atoms with van der Waals surface area (Å²) in [6.45, 7) is 11.3. The lowest BCUT2D eigenvalue weighted by Crippen LogP contribution is -2.46. The molecule has 0 spiro atoms. The number of para-hydroxylation sites is 1. The van der Waals surface area contributed by atoms with Gasteiger partial charge in [-0.1, -0.05) is 333 Å². The van der Waals surface area contributed by atoms with Gasteiger partial charge < -0.3 is 39.7 Å². The number of carbonyl (C=O) groups is 1. The van der Waals surface area contributed by atoms with Crippen molar-refractivity contribution < 1.29 is 47.9 Å². The lowest BCUT2D eigenvalue weighted by atomic mass is 9.64. The van der Waals surface area contributed by atoms with Crippen LogP contribution in [-0.4, -0.2) is 39.1 Å². The number of phenolic OH excluding ortho intramolecular Hbond substituents is 2. The molecule has 4 heterocycles. The predicted molar refractivity (Wildman–Crippen MR) is 452 cm³/mol. The van der Waals surface area contributed by atoms with E-state index in [0.29, 0.717) is 50.4 Å². The van der Waals surface area contributed by atoms with Gasteiger partial charge in [0.25, 0.3) is 0 Å². The van der Waals surface area contributed by atoms with Crippen LogP contribution in [0.15, 0.2) is 364 Å². The van der Waals surface area contributed by atoms with Gasteiger partial charge in [0.2, 0.25) is 0 Å². The number of aromatic hydroxyl groups is 2. The van der Waals surface area contributed by atoms with Gasteiger partial charge in [0.1, 0.15) is 35.6 Å². The molecule has 4 aliphatic rings. The van der Waals surface area contributed by atoms with Gasteiger partial charge in [0, 0.05) is 41.2 Å². The fraction of sp³-hybridized carbons (Fsp3) is 0.147. The molecule has 5 atom stereocenters. The van der Waals surface area contributed by atoms with Gasteiger partial charge in [-0.15, -0.1) is 0 Å². The minimum atomic E-state index is -4.69. The predicted octanol–water partition coefficient (Wildman–Crippen LogP) is 24.2. The van der Waals surface area contributed by atoms with E-state index < -0.39 is 23.8 Å². The van der Waals surface area contributed by atoms with E-state index in [4.69, 9.17) is 9.47 Å². The van der Waals surface area contributed by atoms with E-state index >= 15 is 0 Å². The van der Waals surface area contributed by atoms with Gasteiger partial charge in [-0.05, 0) is 153 Å². The first-order valence-electron chi connectivity index (χ1n) is 38.3. The van der Waals surface area contributed by atoms with E-state index in [1.165, 1.54) is 44.8 Å². The number of nitrogens with zero attached hydrogens (tertiary/aromatic N) is 2. The number of carbonyl (C=O) groups excluding carboxylic acids is 1. The van der Waals surface area contributed by atoms with Crippen LogP contribution >= 0.6 is 0 Å². The minimum Gasteiger partial charge on any atom is -0.507 e. The maximum Gasteiger partial charge on any atom is 0.418 e. The van der Waals surface area contributed by atoms with Gasteiger partial charge in [-0.25, -0.2) is 0 Å². The number of aliphatic hydroxyl groups excluding tert-OH is 2. The Bertz CT molecular complexity index is 5400. The van der Waals surface area contributed by atoms with Gasteiger partial charge in [-0.2, -0.15) is 13.2 Å². The molecule has 15 aromatic carbocycles. The molecule has 1 fully saturated rings. The number of alkyl halides is 3. The fourth-order valence-corrected chi connectivity index (χ4v) is 15.8. The summed E-state index contributed by atoms with van der Waals surface area (Å²) in [6, 6.07) is 119. The van der Waals surface area contributed by atoms with Crippen molar-refractivity contribution >= 4 is 38.7 Å². The topological polar surface area (TPSA) is 126 Å². The molecule has 15 aromatic rings. The summed E-state index contributed by atoms with van der Waals surface area (Å²) in [6.07, 6.45) is -7.13. The molecule has 0 aliphatic carbocycles. The summed E-state index contributed by atoms with van der Waals surface area (Å²) < 4.78 is 50.4. The summed E-state index contributed by atoms with van der Waals surface area (Å²) in [7, 11) is 0. The molecule has 570 valence electrons. The Hall–Kier alpha value is -12.8. The number of Topliss-reactive ketones (excluding diaryl/α,β-unsaturated/α-hetero) is 1. The second kappa shape index (κ2) is 35.2. The maximum atomic E-state index is 12.9. The highest BCUT2D eigenvalue weighted by molar-refractivity contribution is 6.03. The molecule has 9 nitrogen and oxygen atoms in total. The van der Waals surface area contributed by atoms with Crippen molar-refractivity contribution in [3.05, 3.63) is 447 Å². The number of halogens is 3. The zero-order valence-corrected chi connectivity index (χ0v) is 63.9. The number of ether oxygens (including phenoxy) is 2. The Morgan fingerprint density at radius 2 is 0.789 bits per heavy atom. The number of fused-ring (bicyclic) bond motifs is 9. The van der Waals surface area contributed by atoms with Crippen LogP contribution in [0.3, 0.4) is 0 Å². The highest BCUT2D eigenvalue weighted by Crippen LogP contribution is 2.52. The lowest BCUT2D eigenvalue weighted by molar-refractivity contribution is -0.206. The number of anilines is 2.